The molecular formula is C31H19BrCl2N4O4. The molecule has 208 valence electrons. The number of nitriles is 1. The molecule has 8 nitrogen and oxygen atoms in total. The van der Waals surface area contributed by atoms with E-state index < -0.39 is 11.9 Å². The van der Waals surface area contributed by atoms with Gasteiger partial charge in [0, 0.05) is 36.6 Å². The molecule has 0 spiro atoms. The Morgan fingerprint density at radius 1 is 1.02 bits per heavy atom. The van der Waals surface area contributed by atoms with Crippen LogP contribution >= 0.6 is 39.1 Å². The van der Waals surface area contributed by atoms with Crippen molar-refractivity contribution in [3.63, 3.8) is 0 Å². The topological polar surface area (TPSA) is 117 Å². The number of halogens is 3. The van der Waals surface area contributed by atoms with Gasteiger partial charge in [-0.15, -0.1) is 0 Å². The summed E-state index contributed by atoms with van der Waals surface area (Å²) in [5.74, 6) is -0.773. The number of ether oxygens (including phenoxy) is 2. The van der Waals surface area contributed by atoms with Crippen LogP contribution in [0.25, 0.3) is 22.0 Å². The Labute approximate surface area is 258 Å². The van der Waals surface area contributed by atoms with Gasteiger partial charge < -0.3 is 14.5 Å². The van der Waals surface area contributed by atoms with Crippen LogP contribution in [0.3, 0.4) is 0 Å². The summed E-state index contributed by atoms with van der Waals surface area (Å²) in [4.78, 5) is 29.5. The first-order chi connectivity index (χ1) is 20.3. The molecule has 0 saturated heterocycles. The summed E-state index contributed by atoms with van der Waals surface area (Å²) < 4.78 is 11.6. The number of para-hydroxylation sites is 1. The van der Waals surface area contributed by atoms with Gasteiger partial charge in [-0.05, 0) is 48.5 Å². The van der Waals surface area contributed by atoms with Gasteiger partial charge in [-0.1, -0.05) is 69.5 Å². The molecule has 0 saturated carbocycles. The molecule has 0 aliphatic heterocycles. The van der Waals surface area contributed by atoms with Crippen LogP contribution in [0.2, 0.25) is 10.0 Å². The van der Waals surface area contributed by atoms with E-state index in [0.29, 0.717) is 53.4 Å². The van der Waals surface area contributed by atoms with Crippen molar-refractivity contribution < 1.29 is 19.1 Å². The van der Waals surface area contributed by atoms with E-state index in [1.54, 1.807) is 60.7 Å². The van der Waals surface area contributed by atoms with Crippen LogP contribution in [0.15, 0.2) is 88.4 Å². The van der Waals surface area contributed by atoms with Crippen molar-refractivity contribution in [3.8, 4) is 28.7 Å². The highest BCUT2D eigenvalue weighted by molar-refractivity contribution is 9.10. The standard InChI is InChI=1S/C31H19BrCl2N4O4/c1-41-26-12-10-20(33)14-23(26)31(40)42-25-11-9-19(32)13-18(25)16-36-38-30(39)29-27(21-6-2-3-8-24(21)34)22-7-4-5-17(15-35)28(22)37-29/h2-14,16,37H,1H3,(H,38,39). The van der Waals surface area contributed by atoms with Crippen molar-refractivity contribution in [1.29, 1.82) is 5.26 Å². The zero-order valence-corrected chi connectivity index (χ0v) is 24.8. The van der Waals surface area contributed by atoms with Gasteiger partial charge in [0.25, 0.3) is 5.91 Å². The fourth-order valence-corrected chi connectivity index (χ4v) is 5.13. The van der Waals surface area contributed by atoms with E-state index in [4.69, 9.17) is 32.7 Å². The van der Waals surface area contributed by atoms with E-state index in [1.807, 2.05) is 12.1 Å². The van der Waals surface area contributed by atoms with Crippen molar-refractivity contribution >= 4 is 68.1 Å². The van der Waals surface area contributed by atoms with E-state index in [2.05, 4.69) is 37.5 Å². The van der Waals surface area contributed by atoms with Crippen molar-refractivity contribution in [1.82, 2.24) is 10.4 Å². The molecule has 1 amide bonds. The number of esters is 1. The zero-order valence-electron chi connectivity index (χ0n) is 21.7. The van der Waals surface area contributed by atoms with Gasteiger partial charge in [0.2, 0.25) is 0 Å². The number of carbonyl (C=O) groups is 2. The highest BCUT2D eigenvalue weighted by atomic mass is 79.9. The average molecular weight is 662 g/mol. The molecule has 11 heteroatoms. The number of hydrazone groups is 1. The number of fused-ring (bicyclic) bond motifs is 1. The molecule has 5 aromatic rings. The molecule has 1 aromatic heterocycles. The highest BCUT2D eigenvalue weighted by Gasteiger charge is 2.22. The summed E-state index contributed by atoms with van der Waals surface area (Å²) in [6.07, 6.45) is 1.35. The molecule has 5 rings (SSSR count). The maximum Gasteiger partial charge on any atom is 0.347 e. The average Bonchev–Trinajstić information content (AvgIpc) is 3.38. The lowest BCUT2D eigenvalue weighted by Crippen LogP contribution is -2.19. The maximum atomic E-state index is 13.4. The minimum Gasteiger partial charge on any atom is -0.496 e. The molecule has 0 bridgehead atoms. The molecule has 2 N–H and O–H groups in total. The first-order valence-electron chi connectivity index (χ1n) is 12.3. The number of hydrogen-bond donors (Lipinski definition) is 2. The van der Waals surface area contributed by atoms with Crippen molar-refractivity contribution in [2.24, 2.45) is 5.10 Å². The molecule has 0 aliphatic carbocycles. The Hall–Kier alpha value is -4.62. The first-order valence-corrected chi connectivity index (χ1v) is 13.8. The van der Waals surface area contributed by atoms with Crippen molar-refractivity contribution in [2.75, 3.05) is 7.11 Å². The molecule has 0 aliphatic rings. The summed E-state index contributed by atoms with van der Waals surface area (Å²) >= 11 is 16.0. The lowest BCUT2D eigenvalue weighted by atomic mass is 10.0. The zero-order chi connectivity index (χ0) is 29.8. The van der Waals surface area contributed by atoms with Gasteiger partial charge in [-0.2, -0.15) is 10.4 Å². The van der Waals surface area contributed by atoms with Crippen LogP contribution < -0.4 is 14.9 Å². The third-order valence-corrected chi connectivity index (χ3v) is 7.31. The fraction of sp³-hybridized carbons (Fsp3) is 0.0323. The summed E-state index contributed by atoms with van der Waals surface area (Å²) in [7, 11) is 1.44. The SMILES string of the molecule is COc1ccc(Cl)cc1C(=O)Oc1ccc(Br)cc1C=NNC(=O)c1[nH]c2c(C#N)cccc2c1-c1ccccc1Cl. The monoisotopic (exact) mass is 660 g/mol. The Morgan fingerprint density at radius 2 is 1.81 bits per heavy atom. The van der Waals surface area contributed by atoms with E-state index in [9.17, 15) is 14.9 Å². The molecule has 0 atom stereocenters. The van der Waals surface area contributed by atoms with Gasteiger partial charge >= 0.3 is 5.97 Å². The predicted molar refractivity (Wildman–Crippen MR) is 166 cm³/mol. The summed E-state index contributed by atoms with van der Waals surface area (Å²) in [6.45, 7) is 0. The number of methoxy groups -OCH3 is 1. The van der Waals surface area contributed by atoms with Gasteiger partial charge in [0.15, 0.2) is 0 Å². The molecule has 42 heavy (non-hydrogen) atoms. The molecule has 0 fully saturated rings. The molecule has 0 unspecified atom stereocenters. The van der Waals surface area contributed by atoms with E-state index >= 15 is 0 Å². The number of amides is 1. The molecular weight excluding hydrogens is 643 g/mol. The summed E-state index contributed by atoms with van der Waals surface area (Å²) in [5.41, 5.74) is 5.26. The fourth-order valence-electron chi connectivity index (χ4n) is 4.35. The van der Waals surface area contributed by atoms with Crippen molar-refractivity contribution in [3.05, 3.63) is 116 Å². The van der Waals surface area contributed by atoms with E-state index in [1.165, 1.54) is 19.4 Å². The Kier molecular flexibility index (Phi) is 8.59. The third kappa shape index (κ3) is 5.87. The van der Waals surface area contributed by atoms with Crippen LogP contribution in [-0.2, 0) is 0 Å². The normalized spacial score (nSPS) is 10.9. The summed E-state index contributed by atoms with van der Waals surface area (Å²) in [6, 6.07) is 24.0. The number of aromatic nitrogens is 1. The van der Waals surface area contributed by atoms with Crippen molar-refractivity contribution in [2.45, 2.75) is 0 Å². The van der Waals surface area contributed by atoms with Crippen LogP contribution in [0.1, 0.15) is 32.0 Å². The van der Waals surface area contributed by atoms with E-state index in [-0.39, 0.29) is 17.0 Å². The molecule has 0 radical (unpaired) electrons. The van der Waals surface area contributed by atoms with Gasteiger partial charge in [0.05, 0.1) is 24.4 Å². The third-order valence-electron chi connectivity index (χ3n) is 6.25. The Balaban J connectivity index is 1.46. The lowest BCUT2D eigenvalue weighted by Gasteiger charge is -2.11. The number of H-pyrrole nitrogens is 1. The summed E-state index contributed by atoms with van der Waals surface area (Å²) in [5, 5.41) is 15.2. The number of hydrogen-bond acceptors (Lipinski definition) is 6. The number of carbonyl (C=O) groups excluding carboxylic acids is 2. The smallest absolute Gasteiger partial charge is 0.347 e. The minimum atomic E-state index is -0.689. The van der Waals surface area contributed by atoms with Crippen LogP contribution in [-0.4, -0.2) is 30.2 Å². The van der Waals surface area contributed by atoms with Gasteiger partial charge in [-0.25, -0.2) is 10.2 Å². The quantitative estimate of drug-likeness (QED) is 0.0800. The Bertz CT molecular complexity index is 1930. The second-order valence-corrected chi connectivity index (χ2v) is 10.6. The Morgan fingerprint density at radius 3 is 2.57 bits per heavy atom. The molecule has 1 heterocycles. The number of rotatable bonds is 7. The largest absolute Gasteiger partial charge is 0.496 e. The lowest BCUT2D eigenvalue weighted by molar-refractivity contribution is 0.0730. The van der Waals surface area contributed by atoms with Crippen LogP contribution in [0, 0.1) is 11.3 Å². The molecule has 4 aromatic carbocycles. The number of aromatic amines is 1. The van der Waals surface area contributed by atoms with Crippen LogP contribution in [0.5, 0.6) is 11.5 Å². The van der Waals surface area contributed by atoms with Crippen LogP contribution in [0.4, 0.5) is 0 Å². The van der Waals surface area contributed by atoms with E-state index in [0.717, 1.165) is 0 Å². The number of nitrogens with zero attached hydrogens (tertiary/aromatic N) is 2. The maximum absolute atomic E-state index is 13.4. The first kappa shape index (κ1) is 28.9. The van der Waals surface area contributed by atoms with Gasteiger partial charge in [0.1, 0.15) is 28.8 Å². The van der Waals surface area contributed by atoms with Gasteiger partial charge in [-0.3, -0.25) is 4.79 Å². The second kappa shape index (κ2) is 12.5. The number of nitrogens with one attached hydrogen (secondary N) is 2. The predicted octanol–water partition coefficient (Wildman–Crippen LogP) is 7.77. The highest BCUT2D eigenvalue weighted by Crippen LogP contribution is 2.37. The minimum absolute atomic E-state index is 0.145. The second-order valence-electron chi connectivity index (χ2n) is 8.81. The number of benzene rings is 4.